The van der Waals surface area contributed by atoms with E-state index in [2.05, 4.69) is 10.2 Å². The van der Waals surface area contributed by atoms with E-state index in [0.29, 0.717) is 50.9 Å². The molecule has 48 heavy (non-hydrogen) atoms. The largest absolute Gasteiger partial charge is 0.492 e. The fourth-order valence-electron chi connectivity index (χ4n) is 5.23. The average molecular weight is 669 g/mol. The van der Waals surface area contributed by atoms with Crippen LogP contribution in [0.15, 0.2) is 71.8 Å². The number of nitrogens with zero attached hydrogens (tertiary/aromatic N) is 1. The third-order valence-electron chi connectivity index (χ3n) is 7.72. The van der Waals surface area contributed by atoms with Gasteiger partial charge in [-0.15, -0.1) is 0 Å². The molecule has 256 valence electrons. The van der Waals surface area contributed by atoms with Crippen molar-refractivity contribution in [2.45, 2.75) is 32.7 Å². The number of carbonyl (C=O) groups is 2. The van der Waals surface area contributed by atoms with E-state index in [1.807, 2.05) is 13.8 Å². The van der Waals surface area contributed by atoms with Crippen LogP contribution in [0.1, 0.15) is 48.2 Å². The Bertz CT molecular complexity index is 1530. The number of ether oxygens (including phenoxy) is 3. The van der Waals surface area contributed by atoms with E-state index in [4.69, 9.17) is 14.2 Å². The second-order valence-corrected chi connectivity index (χ2v) is 11.2. The molecular formula is C37H40F4N2O5. The van der Waals surface area contributed by atoms with Crippen molar-refractivity contribution < 1.29 is 41.4 Å². The molecule has 0 aromatic heterocycles. The van der Waals surface area contributed by atoms with Gasteiger partial charge in [0, 0.05) is 55.6 Å². The van der Waals surface area contributed by atoms with E-state index >= 15 is 0 Å². The average Bonchev–Trinajstić information content (AvgIpc) is 3.07. The molecule has 0 aliphatic heterocycles. The van der Waals surface area contributed by atoms with Crippen LogP contribution in [0.3, 0.4) is 0 Å². The number of Topliss-reactive ketones (excluding diaryl/α,β-unsaturated/α-hetero) is 1. The van der Waals surface area contributed by atoms with Crippen molar-refractivity contribution in [2.75, 3.05) is 52.7 Å². The number of halogens is 4. The van der Waals surface area contributed by atoms with Crippen molar-refractivity contribution in [3.8, 4) is 5.75 Å². The summed E-state index contributed by atoms with van der Waals surface area (Å²) in [6.07, 6.45) is 3.10. The maximum Gasteiger partial charge on any atom is 0.251 e. The molecule has 4 rings (SSSR count). The summed E-state index contributed by atoms with van der Waals surface area (Å²) in [4.78, 5) is 28.9. The lowest BCUT2D eigenvalue weighted by molar-refractivity contribution is -0.113. The SMILES string of the molecule is CCOCCN(CCOCC)CCOc1ccc(C(=O)NC2C/C(=C\c3ccc(F)c(F)c3)C(=O)/C(=C/c3ccc(F)c(F)c3)C2)cc1. The highest BCUT2D eigenvalue weighted by Gasteiger charge is 2.29. The van der Waals surface area contributed by atoms with Crippen LogP contribution in [0, 0.1) is 23.3 Å². The van der Waals surface area contributed by atoms with E-state index in [0.717, 1.165) is 37.4 Å². The molecule has 3 aromatic rings. The Labute approximate surface area is 278 Å². The summed E-state index contributed by atoms with van der Waals surface area (Å²) in [7, 11) is 0. The third-order valence-corrected chi connectivity index (χ3v) is 7.72. The molecule has 1 fully saturated rings. The molecule has 0 radical (unpaired) electrons. The minimum absolute atomic E-state index is 0.114. The Morgan fingerprint density at radius 2 is 1.25 bits per heavy atom. The molecule has 1 saturated carbocycles. The summed E-state index contributed by atoms with van der Waals surface area (Å²) in [5.41, 5.74) is 1.38. The maximum absolute atomic E-state index is 13.9. The zero-order chi connectivity index (χ0) is 34.5. The molecule has 0 bridgehead atoms. The van der Waals surface area contributed by atoms with Crippen molar-refractivity contribution in [3.05, 3.63) is 112 Å². The van der Waals surface area contributed by atoms with Crippen LogP contribution in [0.5, 0.6) is 5.75 Å². The van der Waals surface area contributed by atoms with E-state index in [1.54, 1.807) is 24.3 Å². The Balaban J connectivity index is 1.44. The fraction of sp³-hybridized carbons (Fsp3) is 0.351. The van der Waals surface area contributed by atoms with Gasteiger partial charge in [0.05, 0.1) is 13.2 Å². The van der Waals surface area contributed by atoms with Gasteiger partial charge in [0.15, 0.2) is 29.1 Å². The Hall–Kier alpha value is -4.32. The summed E-state index contributed by atoms with van der Waals surface area (Å²) < 4.78 is 71.7. The summed E-state index contributed by atoms with van der Waals surface area (Å²) in [5.74, 6) is -4.37. The number of carbonyl (C=O) groups excluding carboxylic acids is 2. The number of ketones is 1. The van der Waals surface area contributed by atoms with Gasteiger partial charge < -0.3 is 19.5 Å². The minimum Gasteiger partial charge on any atom is -0.492 e. The lowest BCUT2D eigenvalue weighted by Gasteiger charge is -2.27. The fourth-order valence-corrected chi connectivity index (χ4v) is 5.23. The third kappa shape index (κ3) is 10.9. The molecule has 0 unspecified atom stereocenters. The van der Waals surface area contributed by atoms with Gasteiger partial charge in [0.25, 0.3) is 5.91 Å². The molecule has 11 heteroatoms. The topological polar surface area (TPSA) is 77.1 Å². The Morgan fingerprint density at radius 1 is 0.750 bits per heavy atom. The second-order valence-electron chi connectivity index (χ2n) is 11.2. The first-order chi connectivity index (χ1) is 23.2. The zero-order valence-corrected chi connectivity index (χ0v) is 27.1. The quantitative estimate of drug-likeness (QED) is 0.105. The number of hydrogen-bond acceptors (Lipinski definition) is 6. The van der Waals surface area contributed by atoms with E-state index in [9.17, 15) is 27.2 Å². The standard InChI is InChI=1S/C37H40F4N2O5/c1-3-46-16-13-43(14-17-47-4-2)15-18-48-31-9-7-27(8-10-31)37(45)42-30-23-28(19-25-5-11-32(38)34(40)21-25)36(44)29(24-30)20-26-6-12-33(39)35(41)22-26/h5-12,19-22,30H,3-4,13-18,23-24H2,1-2H3,(H,42,45)/b28-19+,29-20+. The summed E-state index contributed by atoms with van der Waals surface area (Å²) in [6, 6.07) is 12.7. The number of benzene rings is 3. The Kier molecular flexibility index (Phi) is 13.9. The highest BCUT2D eigenvalue weighted by Crippen LogP contribution is 2.30. The number of nitrogens with one attached hydrogen (secondary N) is 1. The van der Waals surface area contributed by atoms with Crippen molar-refractivity contribution in [2.24, 2.45) is 0 Å². The van der Waals surface area contributed by atoms with Crippen molar-refractivity contribution in [3.63, 3.8) is 0 Å². The molecule has 1 amide bonds. The van der Waals surface area contributed by atoms with Gasteiger partial charge in [-0.25, -0.2) is 17.6 Å². The van der Waals surface area contributed by atoms with Gasteiger partial charge in [-0.05, 0) is 98.5 Å². The molecule has 0 saturated heterocycles. The first-order valence-corrected chi connectivity index (χ1v) is 15.9. The summed E-state index contributed by atoms with van der Waals surface area (Å²) >= 11 is 0. The first-order valence-electron chi connectivity index (χ1n) is 15.9. The van der Waals surface area contributed by atoms with Crippen LogP contribution in [-0.2, 0) is 14.3 Å². The van der Waals surface area contributed by atoms with Gasteiger partial charge in [-0.3, -0.25) is 14.5 Å². The van der Waals surface area contributed by atoms with E-state index in [-0.39, 0.29) is 35.1 Å². The summed E-state index contributed by atoms with van der Waals surface area (Å²) in [6.45, 7) is 9.06. The van der Waals surface area contributed by atoms with Crippen LogP contribution >= 0.6 is 0 Å². The monoisotopic (exact) mass is 668 g/mol. The van der Waals surface area contributed by atoms with E-state index in [1.165, 1.54) is 24.3 Å². The molecule has 0 heterocycles. The molecule has 1 aliphatic rings. The van der Waals surface area contributed by atoms with Gasteiger partial charge in [-0.1, -0.05) is 12.1 Å². The number of rotatable bonds is 16. The maximum atomic E-state index is 13.9. The molecule has 0 atom stereocenters. The Morgan fingerprint density at radius 3 is 1.73 bits per heavy atom. The van der Waals surface area contributed by atoms with Gasteiger partial charge in [-0.2, -0.15) is 0 Å². The summed E-state index contributed by atoms with van der Waals surface area (Å²) in [5, 5.41) is 2.94. The van der Waals surface area contributed by atoms with Gasteiger partial charge in [0.1, 0.15) is 12.4 Å². The molecule has 0 spiro atoms. The normalized spacial score (nSPS) is 16.6. The second kappa shape index (κ2) is 18.3. The highest BCUT2D eigenvalue weighted by atomic mass is 19.2. The zero-order valence-electron chi connectivity index (χ0n) is 27.1. The van der Waals surface area contributed by atoms with E-state index < -0.39 is 41.0 Å². The molecule has 7 nitrogen and oxygen atoms in total. The predicted molar refractivity (Wildman–Crippen MR) is 176 cm³/mol. The lowest BCUT2D eigenvalue weighted by Crippen LogP contribution is -2.39. The molecule has 1 aliphatic carbocycles. The molecule has 1 N–H and O–H groups in total. The van der Waals surface area contributed by atoms with Crippen LogP contribution in [-0.4, -0.2) is 75.3 Å². The van der Waals surface area contributed by atoms with Crippen molar-refractivity contribution >= 4 is 23.8 Å². The molecular weight excluding hydrogens is 628 g/mol. The van der Waals surface area contributed by atoms with Crippen LogP contribution in [0.4, 0.5) is 17.6 Å². The smallest absolute Gasteiger partial charge is 0.251 e. The van der Waals surface area contributed by atoms with Crippen molar-refractivity contribution in [1.82, 2.24) is 10.2 Å². The number of hydrogen-bond donors (Lipinski definition) is 1. The van der Waals surface area contributed by atoms with Gasteiger partial charge in [0.2, 0.25) is 0 Å². The van der Waals surface area contributed by atoms with Crippen LogP contribution in [0.2, 0.25) is 0 Å². The predicted octanol–water partition coefficient (Wildman–Crippen LogP) is 6.63. The first kappa shape index (κ1) is 36.5. The van der Waals surface area contributed by atoms with Crippen molar-refractivity contribution in [1.29, 1.82) is 0 Å². The van der Waals surface area contributed by atoms with Crippen LogP contribution in [0.25, 0.3) is 12.2 Å². The van der Waals surface area contributed by atoms with Gasteiger partial charge >= 0.3 is 0 Å². The highest BCUT2D eigenvalue weighted by molar-refractivity contribution is 6.14. The number of amides is 1. The lowest BCUT2D eigenvalue weighted by atomic mass is 9.83. The van der Waals surface area contributed by atoms with Crippen LogP contribution < -0.4 is 10.1 Å². The molecule has 3 aromatic carbocycles. The minimum atomic E-state index is -1.07.